The van der Waals surface area contributed by atoms with Crippen LogP contribution in [-0.2, 0) is 14.3 Å². The first-order valence-corrected chi connectivity index (χ1v) is 9.63. The van der Waals surface area contributed by atoms with Gasteiger partial charge < -0.3 is 9.84 Å². The number of carbonyl (C=O) groups is 2. The fraction of sp³-hybridized carbons (Fsp3) is 0.810. The number of methoxy groups -OCH3 is 1. The van der Waals surface area contributed by atoms with Crippen LogP contribution in [0.1, 0.15) is 72.1 Å². The second-order valence-electron chi connectivity index (χ2n) is 8.85. The highest BCUT2D eigenvalue weighted by molar-refractivity contribution is 5.77. The molecule has 0 unspecified atom stereocenters. The van der Waals surface area contributed by atoms with E-state index in [2.05, 4.69) is 20.4 Å². The molecule has 0 aromatic carbocycles. The summed E-state index contributed by atoms with van der Waals surface area (Å²) in [5, 5.41) is 9.00. The molecule has 0 amide bonds. The topological polar surface area (TPSA) is 63.6 Å². The standard InChI is InChI=1S/C21H34O4/c1-14(13-18(22)23)7-9-16-15(2)8-10-17-20(16,3)11-6-12-21(17,4)19(24)25-5/h14,16-17H,2,6-13H2,1,3-5H3,(H,22,23)/t14-,16-,17-,20-,21-/m1/s1. The maximum absolute atomic E-state index is 12.6. The Morgan fingerprint density at radius 2 is 2.04 bits per heavy atom. The van der Waals surface area contributed by atoms with E-state index in [0.29, 0.717) is 11.8 Å². The lowest BCUT2D eigenvalue weighted by Crippen LogP contribution is -2.53. The predicted octanol–water partition coefficient (Wildman–Crippen LogP) is 4.83. The monoisotopic (exact) mass is 350 g/mol. The first-order chi connectivity index (χ1) is 11.6. The zero-order valence-corrected chi connectivity index (χ0v) is 16.3. The van der Waals surface area contributed by atoms with Crippen LogP contribution in [0.15, 0.2) is 12.2 Å². The van der Waals surface area contributed by atoms with Crippen LogP contribution in [0.3, 0.4) is 0 Å². The van der Waals surface area contributed by atoms with Crippen LogP contribution in [0.2, 0.25) is 0 Å². The summed E-state index contributed by atoms with van der Waals surface area (Å²) in [6.07, 6.45) is 7.10. The molecular formula is C21H34O4. The molecule has 2 aliphatic rings. The number of carboxylic acids is 1. The Bertz CT molecular complexity index is 540. The van der Waals surface area contributed by atoms with E-state index in [1.807, 2.05) is 6.92 Å². The maximum atomic E-state index is 12.6. The molecule has 25 heavy (non-hydrogen) atoms. The molecule has 0 aromatic rings. The van der Waals surface area contributed by atoms with Crippen molar-refractivity contribution in [1.82, 2.24) is 0 Å². The third kappa shape index (κ3) is 3.78. The molecule has 0 bridgehead atoms. The van der Waals surface area contributed by atoms with Crippen molar-refractivity contribution in [2.24, 2.45) is 28.6 Å². The van der Waals surface area contributed by atoms with Crippen molar-refractivity contribution in [2.45, 2.75) is 72.1 Å². The lowest BCUT2D eigenvalue weighted by molar-refractivity contribution is -0.168. The van der Waals surface area contributed by atoms with Gasteiger partial charge in [-0.3, -0.25) is 9.59 Å². The van der Waals surface area contributed by atoms with Crippen LogP contribution in [0.4, 0.5) is 0 Å². The lowest BCUT2D eigenvalue weighted by Gasteiger charge is -2.57. The number of esters is 1. The van der Waals surface area contributed by atoms with Gasteiger partial charge in [0, 0.05) is 6.42 Å². The Morgan fingerprint density at radius 1 is 1.36 bits per heavy atom. The third-order valence-corrected chi connectivity index (χ3v) is 7.14. The first kappa shape index (κ1) is 20.0. The summed E-state index contributed by atoms with van der Waals surface area (Å²) in [7, 11) is 1.49. The highest BCUT2D eigenvalue weighted by atomic mass is 16.5. The molecule has 1 N–H and O–H groups in total. The van der Waals surface area contributed by atoms with Crippen molar-refractivity contribution in [3.8, 4) is 0 Å². The average molecular weight is 350 g/mol. The zero-order valence-electron chi connectivity index (χ0n) is 16.3. The van der Waals surface area contributed by atoms with E-state index in [9.17, 15) is 9.59 Å². The molecule has 5 atom stereocenters. The van der Waals surface area contributed by atoms with Crippen molar-refractivity contribution in [3.05, 3.63) is 12.2 Å². The molecule has 4 heteroatoms. The number of carbonyl (C=O) groups excluding carboxylic acids is 1. The molecule has 4 nitrogen and oxygen atoms in total. The zero-order chi connectivity index (χ0) is 18.8. The fourth-order valence-electron chi connectivity index (χ4n) is 5.81. The largest absolute Gasteiger partial charge is 0.481 e. The van der Waals surface area contributed by atoms with Crippen LogP contribution in [-0.4, -0.2) is 24.2 Å². The molecule has 0 aliphatic heterocycles. The van der Waals surface area contributed by atoms with Gasteiger partial charge in [-0.1, -0.05) is 32.4 Å². The van der Waals surface area contributed by atoms with Gasteiger partial charge in [0.1, 0.15) is 0 Å². The minimum atomic E-state index is -0.727. The second kappa shape index (κ2) is 7.51. The Morgan fingerprint density at radius 3 is 2.64 bits per heavy atom. The summed E-state index contributed by atoms with van der Waals surface area (Å²) < 4.78 is 5.16. The molecule has 2 fully saturated rings. The Kier molecular flexibility index (Phi) is 6.01. The number of allylic oxidation sites excluding steroid dienone is 1. The van der Waals surface area contributed by atoms with Crippen molar-refractivity contribution < 1.29 is 19.4 Å². The van der Waals surface area contributed by atoms with Gasteiger partial charge >= 0.3 is 11.9 Å². The number of fused-ring (bicyclic) bond motifs is 1. The van der Waals surface area contributed by atoms with Gasteiger partial charge in [0.2, 0.25) is 0 Å². The molecule has 2 rings (SSSR count). The van der Waals surface area contributed by atoms with Gasteiger partial charge in [-0.25, -0.2) is 0 Å². The van der Waals surface area contributed by atoms with Crippen LogP contribution in [0.25, 0.3) is 0 Å². The number of carboxylic acid groups (broad SMARTS) is 1. The van der Waals surface area contributed by atoms with E-state index in [1.54, 1.807) is 0 Å². The fourth-order valence-corrected chi connectivity index (χ4v) is 5.81. The van der Waals surface area contributed by atoms with E-state index in [-0.39, 0.29) is 23.7 Å². The number of aliphatic carboxylic acids is 1. The van der Waals surface area contributed by atoms with Crippen molar-refractivity contribution in [1.29, 1.82) is 0 Å². The first-order valence-electron chi connectivity index (χ1n) is 9.63. The Labute approximate surface area is 152 Å². The van der Waals surface area contributed by atoms with Gasteiger partial charge in [0.25, 0.3) is 0 Å². The molecular weight excluding hydrogens is 316 g/mol. The summed E-state index contributed by atoms with van der Waals surface area (Å²) in [6, 6.07) is 0. The van der Waals surface area contributed by atoms with Crippen LogP contribution >= 0.6 is 0 Å². The number of ether oxygens (including phenoxy) is 1. The van der Waals surface area contributed by atoms with Crippen molar-refractivity contribution in [3.63, 3.8) is 0 Å². The van der Waals surface area contributed by atoms with E-state index < -0.39 is 11.4 Å². The number of hydrogen-bond donors (Lipinski definition) is 1. The predicted molar refractivity (Wildman–Crippen MR) is 98.1 cm³/mol. The van der Waals surface area contributed by atoms with Crippen LogP contribution in [0.5, 0.6) is 0 Å². The van der Waals surface area contributed by atoms with Gasteiger partial charge in [-0.05, 0) is 68.6 Å². The van der Waals surface area contributed by atoms with Crippen LogP contribution < -0.4 is 0 Å². The second-order valence-corrected chi connectivity index (χ2v) is 8.85. The number of rotatable bonds is 6. The molecule has 0 saturated heterocycles. The molecule has 2 aliphatic carbocycles. The van der Waals surface area contributed by atoms with Gasteiger partial charge in [0.05, 0.1) is 12.5 Å². The van der Waals surface area contributed by atoms with E-state index in [1.165, 1.54) is 12.7 Å². The molecule has 2 saturated carbocycles. The summed E-state index contributed by atoms with van der Waals surface area (Å²) in [4.78, 5) is 23.5. The van der Waals surface area contributed by atoms with Crippen LogP contribution in [0, 0.1) is 28.6 Å². The number of hydrogen-bond acceptors (Lipinski definition) is 3. The minimum Gasteiger partial charge on any atom is -0.481 e. The smallest absolute Gasteiger partial charge is 0.311 e. The Balaban J connectivity index is 2.21. The highest BCUT2D eigenvalue weighted by Gasteiger charge is 2.57. The molecule has 0 aromatic heterocycles. The van der Waals surface area contributed by atoms with Gasteiger partial charge in [-0.15, -0.1) is 0 Å². The van der Waals surface area contributed by atoms with Gasteiger partial charge in [0.15, 0.2) is 0 Å². The molecule has 0 heterocycles. The molecule has 142 valence electrons. The van der Waals surface area contributed by atoms with Gasteiger partial charge in [-0.2, -0.15) is 0 Å². The van der Waals surface area contributed by atoms with Crippen molar-refractivity contribution >= 4 is 11.9 Å². The summed E-state index contributed by atoms with van der Waals surface area (Å²) in [5.74, 6) is 0.0482. The summed E-state index contributed by atoms with van der Waals surface area (Å²) in [5.41, 5.74) is 0.933. The highest BCUT2D eigenvalue weighted by Crippen LogP contribution is 2.62. The normalized spacial score (nSPS) is 36.4. The quantitative estimate of drug-likeness (QED) is 0.550. The van der Waals surface area contributed by atoms with Crippen molar-refractivity contribution in [2.75, 3.05) is 7.11 Å². The summed E-state index contributed by atoms with van der Waals surface area (Å²) >= 11 is 0. The Hall–Kier alpha value is -1.32. The molecule has 0 spiro atoms. The van der Waals surface area contributed by atoms with E-state index >= 15 is 0 Å². The summed E-state index contributed by atoms with van der Waals surface area (Å²) in [6.45, 7) is 10.8. The molecule has 0 radical (unpaired) electrons. The lowest BCUT2D eigenvalue weighted by atomic mass is 9.46. The minimum absolute atomic E-state index is 0.0550. The third-order valence-electron chi connectivity index (χ3n) is 7.14. The maximum Gasteiger partial charge on any atom is 0.311 e. The SMILES string of the molecule is C=C1CC[C@@H]2[C@](C)(CCC[C@@]2(C)C(=O)OC)[C@@H]1CC[C@@H](C)CC(=O)O. The van der Waals surface area contributed by atoms with E-state index in [4.69, 9.17) is 9.84 Å². The van der Waals surface area contributed by atoms with E-state index in [0.717, 1.165) is 44.9 Å². The average Bonchev–Trinajstić information content (AvgIpc) is 2.52.